The van der Waals surface area contributed by atoms with Crippen LogP contribution >= 0.6 is 0 Å². The lowest BCUT2D eigenvalue weighted by atomic mass is 10.1. The van der Waals surface area contributed by atoms with Gasteiger partial charge in [0.1, 0.15) is 5.82 Å². The quantitative estimate of drug-likeness (QED) is 0.854. The minimum atomic E-state index is -0.441. The molecule has 0 aromatic carbocycles. The van der Waals surface area contributed by atoms with E-state index in [0.29, 0.717) is 0 Å². The maximum Gasteiger partial charge on any atom is 0.134 e. The molecule has 0 spiro atoms. The largest absolute Gasteiger partial charge is 0.389 e. The SMILES string of the molecule is C[C@H](O)c1cccnc1N1CCCCCCC1. The second-order valence-corrected chi connectivity index (χ2v) is 4.85. The van der Waals surface area contributed by atoms with E-state index in [1.807, 2.05) is 25.3 Å². The third kappa shape index (κ3) is 3.19. The summed E-state index contributed by atoms with van der Waals surface area (Å²) in [6.45, 7) is 3.94. The molecule has 0 saturated carbocycles. The Kier molecular flexibility index (Phi) is 4.37. The maximum atomic E-state index is 9.79. The van der Waals surface area contributed by atoms with Crippen molar-refractivity contribution in [3.05, 3.63) is 23.9 Å². The molecule has 94 valence electrons. The Morgan fingerprint density at radius 3 is 2.47 bits per heavy atom. The summed E-state index contributed by atoms with van der Waals surface area (Å²) < 4.78 is 0. The van der Waals surface area contributed by atoms with E-state index in [0.717, 1.165) is 24.5 Å². The molecular weight excluding hydrogens is 212 g/mol. The summed E-state index contributed by atoms with van der Waals surface area (Å²) in [5.74, 6) is 0.976. The lowest BCUT2D eigenvalue weighted by molar-refractivity contribution is 0.199. The predicted octanol–water partition coefficient (Wildman–Crippen LogP) is 2.91. The van der Waals surface area contributed by atoms with Crippen molar-refractivity contribution >= 4 is 5.82 Å². The molecule has 17 heavy (non-hydrogen) atoms. The summed E-state index contributed by atoms with van der Waals surface area (Å²) in [5.41, 5.74) is 0.952. The fraction of sp³-hybridized carbons (Fsp3) is 0.643. The Morgan fingerprint density at radius 2 is 1.82 bits per heavy atom. The smallest absolute Gasteiger partial charge is 0.134 e. The lowest BCUT2D eigenvalue weighted by Gasteiger charge is -2.28. The normalized spacial score (nSPS) is 19.5. The lowest BCUT2D eigenvalue weighted by Crippen LogP contribution is -2.29. The van der Waals surface area contributed by atoms with Crippen LogP contribution in [0.2, 0.25) is 0 Å². The van der Waals surface area contributed by atoms with Crippen LogP contribution in [-0.4, -0.2) is 23.2 Å². The Balaban J connectivity index is 2.18. The molecule has 1 saturated heterocycles. The number of rotatable bonds is 2. The van der Waals surface area contributed by atoms with Gasteiger partial charge in [0.25, 0.3) is 0 Å². The number of anilines is 1. The fourth-order valence-electron chi connectivity index (χ4n) is 2.46. The Hall–Kier alpha value is -1.09. The summed E-state index contributed by atoms with van der Waals surface area (Å²) >= 11 is 0. The van der Waals surface area contributed by atoms with Gasteiger partial charge >= 0.3 is 0 Å². The highest BCUT2D eigenvalue weighted by molar-refractivity contribution is 5.47. The maximum absolute atomic E-state index is 9.79. The minimum Gasteiger partial charge on any atom is -0.389 e. The van der Waals surface area contributed by atoms with Gasteiger partial charge in [-0.05, 0) is 25.8 Å². The van der Waals surface area contributed by atoms with Gasteiger partial charge < -0.3 is 10.0 Å². The van der Waals surface area contributed by atoms with Crippen LogP contribution in [0, 0.1) is 0 Å². The van der Waals surface area contributed by atoms with Crippen molar-refractivity contribution in [2.45, 2.75) is 45.1 Å². The number of aliphatic hydroxyl groups is 1. The standard InChI is InChI=1S/C14H22N2O/c1-12(17)13-8-7-9-15-14(13)16-10-5-3-2-4-6-11-16/h7-9,12,17H,2-6,10-11H2,1H3/t12-/m0/s1. The molecule has 0 amide bonds. The molecule has 1 aromatic heterocycles. The van der Waals surface area contributed by atoms with Gasteiger partial charge in [0.15, 0.2) is 0 Å². The summed E-state index contributed by atoms with van der Waals surface area (Å²) in [5, 5.41) is 9.79. The van der Waals surface area contributed by atoms with Crippen molar-refractivity contribution in [1.29, 1.82) is 0 Å². The molecule has 1 N–H and O–H groups in total. The van der Waals surface area contributed by atoms with Crippen LogP contribution in [0.25, 0.3) is 0 Å². The van der Waals surface area contributed by atoms with Crippen LogP contribution in [0.4, 0.5) is 5.82 Å². The summed E-state index contributed by atoms with van der Waals surface area (Å²) in [7, 11) is 0. The zero-order valence-corrected chi connectivity index (χ0v) is 10.6. The van der Waals surface area contributed by atoms with Crippen LogP contribution in [-0.2, 0) is 0 Å². The summed E-state index contributed by atoms with van der Waals surface area (Å²) in [6.07, 6.45) is 7.83. The average molecular weight is 234 g/mol. The number of hydrogen-bond donors (Lipinski definition) is 1. The number of hydrogen-bond acceptors (Lipinski definition) is 3. The van der Waals surface area contributed by atoms with E-state index in [9.17, 15) is 5.11 Å². The van der Waals surface area contributed by atoms with Crippen LogP contribution in [0.1, 0.15) is 50.7 Å². The molecule has 2 heterocycles. The third-order valence-electron chi connectivity index (χ3n) is 3.42. The number of aliphatic hydroxyl groups excluding tert-OH is 1. The van der Waals surface area contributed by atoms with E-state index in [1.54, 1.807) is 0 Å². The highest BCUT2D eigenvalue weighted by atomic mass is 16.3. The monoisotopic (exact) mass is 234 g/mol. The molecule has 1 fully saturated rings. The van der Waals surface area contributed by atoms with Crippen LogP contribution in [0.5, 0.6) is 0 Å². The van der Waals surface area contributed by atoms with Crippen molar-refractivity contribution < 1.29 is 5.11 Å². The molecule has 3 heteroatoms. The zero-order chi connectivity index (χ0) is 12.1. The van der Waals surface area contributed by atoms with Crippen molar-refractivity contribution in [2.75, 3.05) is 18.0 Å². The van der Waals surface area contributed by atoms with Crippen molar-refractivity contribution in [2.24, 2.45) is 0 Å². The van der Waals surface area contributed by atoms with Crippen LogP contribution < -0.4 is 4.90 Å². The van der Waals surface area contributed by atoms with Gasteiger partial charge in [-0.2, -0.15) is 0 Å². The minimum absolute atomic E-state index is 0.441. The van der Waals surface area contributed by atoms with Gasteiger partial charge in [0, 0.05) is 24.8 Å². The van der Waals surface area contributed by atoms with E-state index < -0.39 is 6.10 Å². The zero-order valence-electron chi connectivity index (χ0n) is 10.6. The Bertz CT molecular complexity index is 344. The van der Waals surface area contributed by atoms with E-state index in [1.165, 1.54) is 32.1 Å². The van der Waals surface area contributed by atoms with Gasteiger partial charge in [-0.15, -0.1) is 0 Å². The first-order chi connectivity index (χ1) is 8.29. The fourth-order valence-corrected chi connectivity index (χ4v) is 2.46. The molecule has 1 aromatic rings. The second kappa shape index (κ2) is 6.01. The summed E-state index contributed by atoms with van der Waals surface area (Å²) in [4.78, 5) is 6.80. The highest BCUT2D eigenvalue weighted by Gasteiger charge is 2.16. The van der Waals surface area contributed by atoms with E-state index >= 15 is 0 Å². The molecule has 0 unspecified atom stereocenters. The van der Waals surface area contributed by atoms with Crippen molar-refractivity contribution in [3.63, 3.8) is 0 Å². The predicted molar refractivity (Wildman–Crippen MR) is 70.2 cm³/mol. The van der Waals surface area contributed by atoms with Gasteiger partial charge in [-0.3, -0.25) is 0 Å². The topological polar surface area (TPSA) is 36.4 Å². The van der Waals surface area contributed by atoms with E-state index in [4.69, 9.17) is 0 Å². The Labute approximate surface area is 103 Å². The number of pyridine rings is 1. The first kappa shape index (κ1) is 12.4. The molecule has 0 bridgehead atoms. The second-order valence-electron chi connectivity index (χ2n) is 4.85. The molecular formula is C14H22N2O. The molecule has 1 aliphatic heterocycles. The van der Waals surface area contributed by atoms with Crippen molar-refractivity contribution in [1.82, 2.24) is 4.98 Å². The van der Waals surface area contributed by atoms with Gasteiger partial charge in [-0.1, -0.05) is 25.3 Å². The van der Waals surface area contributed by atoms with Gasteiger partial charge in [0.05, 0.1) is 6.10 Å². The van der Waals surface area contributed by atoms with Crippen LogP contribution in [0.15, 0.2) is 18.3 Å². The average Bonchev–Trinajstić information content (AvgIpc) is 2.28. The number of nitrogens with zero attached hydrogens (tertiary/aromatic N) is 2. The molecule has 1 atom stereocenters. The van der Waals surface area contributed by atoms with Crippen molar-refractivity contribution in [3.8, 4) is 0 Å². The van der Waals surface area contributed by atoms with Gasteiger partial charge in [-0.25, -0.2) is 4.98 Å². The van der Waals surface area contributed by atoms with E-state index in [-0.39, 0.29) is 0 Å². The van der Waals surface area contributed by atoms with E-state index in [2.05, 4.69) is 9.88 Å². The van der Waals surface area contributed by atoms with Gasteiger partial charge in [0.2, 0.25) is 0 Å². The summed E-state index contributed by atoms with van der Waals surface area (Å²) in [6, 6.07) is 3.88. The molecule has 0 aliphatic carbocycles. The third-order valence-corrected chi connectivity index (χ3v) is 3.42. The molecule has 3 nitrogen and oxygen atoms in total. The first-order valence-electron chi connectivity index (χ1n) is 6.67. The Morgan fingerprint density at radius 1 is 1.18 bits per heavy atom. The number of aromatic nitrogens is 1. The van der Waals surface area contributed by atoms with Crippen LogP contribution in [0.3, 0.4) is 0 Å². The first-order valence-corrected chi connectivity index (χ1v) is 6.67. The molecule has 2 rings (SSSR count). The molecule has 1 aliphatic rings. The molecule has 0 radical (unpaired) electrons. The highest BCUT2D eigenvalue weighted by Crippen LogP contribution is 2.25.